The molecule has 4 rings (SSSR count). The fraction of sp³-hybridized carbons (Fsp3) is 0.312. The molecule has 10 heteroatoms. The van der Waals surface area contributed by atoms with Crippen molar-refractivity contribution in [2.75, 3.05) is 66.0 Å². The number of rotatable bonds is 16. The summed E-state index contributed by atoms with van der Waals surface area (Å²) in [6.07, 6.45) is 4.26. The van der Waals surface area contributed by atoms with Gasteiger partial charge in [-0.1, -0.05) is 12.1 Å². The van der Waals surface area contributed by atoms with Crippen molar-refractivity contribution in [1.29, 1.82) is 0 Å². The molecule has 0 radical (unpaired) electrons. The van der Waals surface area contributed by atoms with E-state index in [0.29, 0.717) is 55.0 Å². The minimum atomic E-state index is 0.0486. The van der Waals surface area contributed by atoms with Crippen LogP contribution in [-0.4, -0.2) is 87.0 Å². The summed E-state index contributed by atoms with van der Waals surface area (Å²) in [6, 6.07) is 19.0. The maximum absolute atomic E-state index is 9.22. The standard InChI is InChI=1S/C32H38N4O6/c1-33-21-23-22-34-27-20-31(41-18-6-13-36(14-16-37)15-17-38)30(40-3)19-26(27)32(23)35-24-9-11-25(12-10-24)42-29-8-5-4-7-28(29)39-2/h4-5,7-12,19-22,37-38H,6,13-18H2,1-3H3,(H,34,35). The highest BCUT2D eigenvalue weighted by Gasteiger charge is 2.15. The highest BCUT2D eigenvalue weighted by molar-refractivity contribution is 6.03. The Balaban J connectivity index is 1.54. The highest BCUT2D eigenvalue weighted by Crippen LogP contribution is 2.38. The largest absolute Gasteiger partial charge is 0.493 e. The second-order valence-electron chi connectivity index (χ2n) is 9.39. The molecule has 0 saturated heterocycles. The number of anilines is 2. The number of nitrogens with zero attached hydrogens (tertiary/aromatic N) is 3. The van der Waals surface area contributed by atoms with E-state index < -0.39 is 0 Å². The fourth-order valence-electron chi connectivity index (χ4n) is 4.53. The molecule has 0 aliphatic carbocycles. The monoisotopic (exact) mass is 574 g/mol. The van der Waals surface area contributed by atoms with Gasteiger partial charge in [-0.3, -0.25) is 14.9 Å². The molecule has 0 aliphatic heterocycles. The van der Waals surface area contributed by atoms with Gasteiger partial charge in [-0.15, -0.1) is 0 Å². The first-order valence-electron chi connectivity index (χ1n) is 13.8. The molecule has 10 nitrogen and oxygen atoms in total. The Hall–Kier alpha value is -4.38. The van der Waals surface area contributed by atoms with Crippen LogP contribution in [0.1, 0.15) is 12.0 Å². The Morgan fingerprint density at radius 3 is 2.26 bits per heavy atom. The molecule has 1 aromatic heterocycles. The Kier molecular flexibility index (Phi) is 11.3. The van der Waals surface area contributed by atoms with Gasteiger partial charge in [0.05, 0.1) is 45.2 Å². The average molecular weight is 575 g/mol. The number of fused-ring (bicyclic) bond motifs is 1. The molecule has 3 N–H and O–H groups in total. The molecule has 0 fully saturated rings. The van der Waals surface area contributed by atoms with E-state index in [1.165, 1.54) is 0 Å². The first kappa shape index (κ1) is 30.6. The summed E-state index contributed by atoms with van der Waals surface area (Å²) >= 11 is 0. The van der Waals surface area contributed by atoms with Crippen molar-refractivity contribution in [3.8, 4) is 28.7 Å². The predicted octanol–water partition coefficient (Wildman–Crippen LogP) is 4.89. The van der Waals surface area contributed by atoms with Crippen LogP contribution in [0.3, 0.4) is 0 Å². The topological polar surface area (TPSA) is 118 Å². The first-order chi connectivity index (χ1) is 20.6. The van der Waals surface area contributed by atoms with Crippen molar-refractivity contribution in [3.63, 3.8) is 0 Å². The van der Waals surface area contributed by atoms with E-state index in [9.17, 15) is 10.2 Å². The summed E-state index contributed by atoms with van der Waals surface area (Å²) in [5.41, 5.74) is 3.25. The minimum absolute atomic E-state index is 0.0486. The second kappa shape index (κ2) is 15.6. The van der Waals surface area contributed by atoms with Crippen LogP contribution >= 0.6 is 0 Å². The third-order valence-electron chi connectivity index (χ3n) is 6.58. The average Bonchev–Trinajstić information content (AvgIpc) is 3.01. The molecular weight excluding hydrogens is 536 g/mol. The lowest BCUT2D eigenvalue weighted by Crippen LogP contribution is -2.31. The smallest absolute Gasteiger partial charge is 0.169 e. The van der Waals surface area contributed by atoms with E-state index >= 15 is 0 Å². The van der Waals surface area contributed by atoms with Crippen molar-refractivity contribution < 1.29 is 29.2 Å². The quantitative estimate of drug-likeness (QED) is 0.127. The van der Waals surface area contributed by atoms with Gasteiger partial charge >= 0.3 is 0 Å². The molecule has 1 heterocycles. The number of aliphatic imine (C=N–C) groups is 1. The van der Waals surface area contributed by atoms with Gasteiger partial charge in [0.25, 0.3) is 0 Å². The van der Waals surface area contributed by atoms with E-state index in [1.54, 1.807) is 33.7 Å². The van der Waals surface area contributed by atoms with E-state index in [0.717, 1.165) is 34.3 Å². The number of benzene rings is 3. The Bertz CT molecular complexity index is 1460. The number of aliphatic hydroxyl groups is 2. The summed E-state index contributed by atoms with van der Waals surface area (Å²) in [7, 11) is 4.94. The number of pyridine rings is 1. The van der Waals surface area contributed by atoms with Gasteiger partial charge in [0.15, 0.2) is 23.0 Å². The van der Waals surface area contributed by atoms with Crippen molar-refractivity contribution in [2.24, 2.45) is 4.99 Å². The number of nitrogens with one attached hydrogen (secondary N) is 1. The van der Waals surface area contributed by atoms with Crippen LogP contribution in [0.25, 0.3) is 10.9 Å². The number of methoxy groups -OCH3 is 2. The minimum Gasteiger partial charge on any atom is -0.493 e. The normalized spacial score (nSPS) is 11.3. The number of para-hydroxylation sites is 2. The lowest BCUT2D eigenvalue weighted by molar-refractivity contribution is 0.152. The van der Waals surface area contributed by atoms with Gasteiger partial charge in [0.1, 0.15) is 5.75 Å². The van der Waals surface area contributed by atoms with Gasteiger partial charge in [0.2, 0.25) is 0 Å². The number of hydrogen-bond acceptors (Lipinski definition) is 10. The van der Waals surface area contributed by atoms with Gasteiger partial charge in [-0.2, -0.15) is 0 Å². The molecule has 0 aliphatic rings. The molecule has 3 aromatic carbocycles. The molecule has 42 heavy (non-hydrogen) atoms. The number of hydrogen-bond donors (Lipinski definition) is 3. The van der Waals surface area contributed by atoms with Crippen LogP contribution in [0, 0.1) is 0 Å². The van der Waals surface area contributed by atoms with Crippen LogP contribution in [0.5, 0.6) is 28.7 Å². The van der Waals surface area contributed by atoms with Crippen molar-refractivity contribution >= 4 is 28.5 Å². The summed E-state index contributed by atoms with van der Waals surface area (Å²) in [4.78, 5) is 10.9. The molecule has 222 valence electrons. The zero-order valence-corrected chi connectivity index (χ0v) is 24.2. The lowest BCUT2D eigenvalue weighted by Gasteiger charge is -2.20. The summed E-state index contributed by atoms with van der Waals surface area (Å²) < 4.78 is 23.2. The van der Waals surface area contributed by atoms with Crippen LogP contribution in [0.2, 0.25) is 0 Å². The maximum atomic E-state index is 9.22. The number of aromatic nitrogens is 1. The second-order valence-corrected chi connectivity index (χ2v) is 9.39. The zero-order chi connectivity index (χ0) is 29.7. The molecule has 0 amide bonds. The van der Waals surface area contributed by atoms with Gasteiger partial charge in [0, 0.05) is 61.8 Å². The van der Waals surface area contributed by atoms with Crippen molar-refractivity contribution in [1.82, 2.24) is 9.88 Å². The molecule has 0 spiro atoms. The summed E-state index contributed by atoms with van der Waals surface area (Å²) in [5.74, 6) is 3.16. The fourth-order valence-corrected chi connectivity index (χ4v) is 4.53. The highest BCUT2D eigenvalue weighted by atomic mass is 16.5. The van der Waals surface area contributed by atoms with E-state index in [-0.39, 0.29) is 13.2 Å². The van der Waals surface area contributed by atoms with Crippen LogP contribution in [0.4, 0.5) is 11.4 Å². The first-order valence-corrected chi connectivity index (χ1v) is 13.8. The third-order valence-corrected chi connectivity index (χ3v) is 6.58. The van der Waals surface area contributed by atoms with Crippen LogP contribution in [0.15, 0.2) is 71.9 Å². The van der Waals surface area contributed by atoms with E-state index in [2.05, 4.69) is 15.3 Å². The third kappa shape index (κ3) is 7.88. The SMILES string of the molecule is CN=Cc1cnc2cc(OCCCN(CCO)CCO)c(OC)cc2c1Nc1ccc(Oc2ccccc2OC)cc1. The Morgan fingerprint density at radius 2 is 1.60 bits per heavy atom. The maximum Gasteiger partial charge on any atom is 0.169 e. The summed E-state index contributed by atoms with van der Waals surface area (Å²) in [5, 5.41) is 22.8. The van der Waals surface area contributed by atoms with Crippen molar-refractivity contribution in [3.05, 3.63) is 72.4 Å². The van der Waals surface area contributed by atoms with Crippen LogP contribution < -0.4 is 24.3 Å². The molecule has 0 unspecified atom stereocenters. The zero-order valence-electron chi connectivity index (χ0n) is 24.2. The van der Waals surface area contributed by atoms with Crippen molar-refractivity contribution in [2.45, 2.75) is 6.42 Å². The molecule has 0 saturated carbocycles. The number of ether oxygens (including phenoxy) is 4. The van der Waals surface area contributed by atoms with Crippen LogP contribution in [-0.2, 0) is 0 Å². The van der Waals surface area contributed by atoms with E-state index in [1.807, 2.05) is 65.6 Å². The molecular formula is C32H38N4O6. The van der Waals surface area contributed by atoms with Gasteiger partial charge < -0.3 is 34.5 Å². The lowest BCUT2D eigenvalue weighted by atomic mass is 10.1. The summed E-state index contributed by atoms with van der Waals surface area (Å²) in [6.45, 7) is 2.27. The number of aliphatic hydroxyl groups excluding tert-OH is 2. The van der Waals surface area contributed by atoms with Gasteiger partial charge in [-0.25, -0.2) is 0 Å². The molecule has 0 atom stereocenters. The molecule has 0 bridgehead atoms. The Labute approximate surface area is 246 Å². The predicted molar refractivity (Wildman–Crippen MR) is 165 cm³/mol. The molecule has 4 aromatic rings. The van der Waals surface area contributed by atoms with Gasteiger partial charge in [-0.05, 0) is 48.9 Å². The van der Waals surface area contributed by atoms with E-state index in [4.69, 9.17) is 18.9 Å². The Morgan fingerprint density at radius 1 is 0.881 bits per heavy atom.